The van der Waals surface area contributed by atoms with Gasteiger partial charge in [0.25, 0.3) is 0 Å². The molecular formula is C20H30O. The highest BCUT2D eigenvalue weighted by molar-refractivity contribution is 5.40. The second-order valence-electron chi connectivity index (χ2n) is 6.47. The van der Waals surface area contributed by atoms with Crippen LogP contribution in [0, 0.1) is 17.8 Å². The lowest BCUT2D eigenvalue weighted by Crippen LogP contribution is -2.07. The van der Waals surface area contributed by atoms with Gasteiger partial charge in [0.1, 0.15) is 5.75 Å². The van der Waals surface area contributed by atoms with Crippen molar-refractivity contribution in [3.05, 3.63) is 29.3 Å². The first-order chi connectivity index (χ1) is 9.95. The van der Waals surface area contributed by atoms with Crippen molar-refractivity contribution in [1.82, 2.24) is 0 Å². The van der Waals surface area contributed by atoms with Crippen molar-refractivity contribution in [3.63, 3.8) is 0 Å². The van der Waals surface area contributed by atoms with Crippen molar-refractivity contribution in [2.75, 3.05) is 6.61 Å². The van der Waals surface area contributed by atoms with Crippen molar-refractivity contribution in [2.45, 2.75) is 66.2 Å². The molecule has 0 heterocycles. The molecule has 0 aliphatic rings. The van der Waals surface area contributed by atoms with Gasteiger partial charge >= 0.3 is 0 Å². The van der Waals surface area contributed by atoms with Gasteiger partial charge in [0.05, 0.1) is 6.61 Å². The van der Waals surface area contributed by atoms with Crippen LogP contribution in [0.1, 0.15) is 77.3 Å². The molecule has 0 saturated carbocycles. The van der Waals surface area contributed by atoms with Gasteiger partial charge in [0.2, 0.25) is 0 Å². The third-order valence-electron chi connectivity index (χ3n) is 3.51. The van der Waals surface area contributed by atoms with Crippen LogP contribution in [0.25, 0.3) is 0 Å². The summed E-state index contributed by atoms with van der Waals surface area (Å²) in [6.45, 7) is 13.9. The van der Waals surface area contributed by atoms with Gasteiger partial charge in [-0.25, -0.2) is 0 Å². The van der Waals surface area contributed by atoms with E-state index < -0.39 is 0 Å². The van der Waals surface area contributed by atoms with Crippen molar-refractivity contribution in [3.8, 4) is 17.6 Å². The van der Waals surface area contributed by atoms with Crippen molar-refractivity contribution >= 4 is 0 Å². The van der Waals surface area contributed by atoms with Crippen LogP contribution in [-0.4, -0.2) is 6.61 Å². The minimum atomic E-state index is 0.473. The Morgan fingerprint density at radius 1 is 1.05 bits per heavy atom. The molecule has 0 spiro atoms. The Morgan fingerprint density at radius 2 is 1.76 bits per heavy atom. The molecule has 0 aromatic heterocycles. The molecule has 0 saturated heterocycles. The maximum atomic E-state index is 5.97. The predicted molar refractivity (Wildman–Crippen MR) is 92.0 cm³/mol. The van der Waals surface area contributed by atoms with E-state index in [0.29, 0.717) is 17.8 Å². The Morgan fingerprint density at radius 3 is 2.33 bits per heavy atom. The number of benzene rings is 1. The topological polar surface area (TPSA) is 9.23 Å². The maximum absolute atomic E-state index is 5.97. The minimum absolute atomic E-state index is 0.473. The van der Waals surface area contributed by atoms with Crippen LogP contribution in [0.5, 0.6) is 5.75 Å². The molecule has 1 nitrogen and oxygen atoms in total. The van der Waals surface area contributed by atoms with Gasteiger partial charge in [-0.1, -0.05) is 53.7 Å². The van der Waals surface area contributed by atoms with E-state index in [2.05, 4.69) is 71.6 Å². The third-order valence-corrected chi connectivity index (χ3v) is 3.51. The van der Waals surface area contributed by atoms with E-state index in [-0.39, 0.29) is 0 Å². The summed E-state index contributed by atoms with van der Waals surface area (Å²) >= 11 is 0. The minimum Gasteiger partial charge on any atom is -0.493 e. The Kier molecular flexibility index (Phi) is 7.37. The zero-order chi connectivity index (χ0) is 15.8. The van der Waals surface area contributed by atoms with E-state index in [1.54, 1.807) is 0 Å². The Bertz CT molecular complexity index is 488. The molecule has 0 aliphatic carbocycles. The molecular weight excluding hydrogens is 256 g/mol. The quantitative estimate of drug-likeness (QED) is 0.605. The second-order valence-corrected chi connectivity index (χ2v) is 6.47. The molecule has 0 N–H and O–H groups in total. The summed E-state index contributed by atoms with van der Waals surface area (Å²) in [5, 5.41) is 0. The van der Waals surface area contributed by atoms with Crippen LogP contribution in [0.15, 0.2) is 18.2 Å². The summed E-state index contributed by atoms with van der Waals surface area (Å²) < 4.78 is 5.97. The average molecular weight is 286 g/mol. The Hall–Kier alpha value is -1.42. The van der Waals surface area contributed by atoms with Crippen molar-refractivity contribution < 1.29 is 4.74 Å². The first-order valence-electron chi connectivity index (χ1n) is 8.18. The number of ether oxygens (including phenoxy) is 1. The number of hydrogen-bond acceptors (Lipinski definition) is 1. The standard InChI is InChI=1S/C20H30O/c1-7-8-9-10-17(6)18-11-12-20(21-14-15(2)3)19(13-18)16(4)5/h11-13,15-17H,7,10,14H2,1-6H3. The molecule has 0 amide bonds. The van der Waals surface area contributed by atoms with E-state index in [1.165, 1.54) is 11.1 Å². The fourth-order valence-electron chi connectivity index (χ4n) is 2.18. The molecule has 0 fully saturated rings. The second kappa shape index (κ2) is 8.78. The molecule has 1 atom stereocenters. The molecule has 0 radical (unpaired) electrons. The summed E-state index contributed by atoms with van der Waals surface area (Å²) in [6.07, 6.45) is 1.86. The smallest absolute Gasteiger partial charge is 0.122 e. The van der Waals surface area contributed by atoms with Gasteiger partial charge in [0.15, 0.2) is 0 Å². The molecule has 0 aliphatic heterocycles. The van der Waals surface area contributed by atoms with E-state index >= 15 is 0 Å². The first-order valence-corrected chi connectivity index (χ1v) is 8.18. The average Bonchev–Trinajstić information content (AvgIpc) is 2.44. The molecule has 1 aromatic carbocycles. The van der Waals surface area contributed by atoms with Gasteiger partial charge in [-0.2, -0.15) is 0 Å². The zero-order valence-electron chi connectivity index (χ0n) is 14.5. The zero-order valence-corrected chi connectivity index (χ0v) is 14.5. The highest BCUT2D eigenvalue weighted by atomic mass is 16.5. The van der Waals surface area contributed by atoms with Gasteiger partial charge in [-0.15, -0.1) is 11.8 Å². The van der Waals surface area contributed by atoms with Crippen LogP contribution < -0.4 is 4.74 Å². The Balaban J connectivity index is 2.91. The third kappa shape index (κ3) is 5.84. The van der Waals surface area contributed by atoms with Gasteiger partial charge in [-0.3, -0.25) is 0 Å². The summed E-state index contributed by atoms with van der Waals surface area (Å²) in [7, 11) is 0. The maximum Gasteiger partial charge on any atom is 0.122 e. The lowest BCUT2D eigenvalue weighted by Gasteiger charge is -2.18. The first kappa shape index (κ1) is 17.6. The largest absolute Gasteiger partial charge is 0.493 e. The summed E-state index contributed by atoms with van der Waals surface area (Å²) in [5.74, 6) is 8.94. The molecule has 1 heteroatoms. The monoisotopic (exact) mass is 286 g/mol. The fraction of sp³-hybridized carbons (Fsp3) is 0.600. The normalized spacial score (nSPS) is 12.2. The van der Waals surface area contributed by atoms with E-state index in [1.807, 2.05) is 0 Å². The lowest BCUT2D eigenvalue weighted by atomic mass is 9.92. The molecule has 21 heavy (non-hydrogen) atoms. The van der Waals surface area contributed by atoms with Gasteiger partial charge < -0.3 is 4.74 Å². The van der Waals surface area contributed by atoms with Crippen molar-refractivity contribution in [2.24, 2.45) is 5.92 Å². The van der Waals surface area contributed by atoms with Crippen LogP contribution >= 0.6 is 0 Å². The fourth-order valence-corrected chi connectivity index (χ4v) is 2.18. The molecule has 116 valence electrons. The summed E-state index contributed by atoms with van der Waals surface area (Å²) in [5.41, 5.74) is 2.67. The number of rotatable bonds is 6. The van der Waals surface area contributed by atoms with Gasteiger partial charge in [-0.05, 0) is 34.9 Å². The van der Waals surface area contributed by atoms with E-state index in [4.69, 9.17) is 4.74 Å². The van der Waals surface area contributed by atoms with E-state index in [9.17, 15) is 0 Å². The number of hydrogen-bond donors (Lipinski definition) is 0. The predicted octanol–water partition coefficient (Wildman–Crippen LogP) is 5.75. The molecule has 1 rings (SSSR count). The highest BCUT2D eigenvalue weighted by Crippen LogP contribution is 2.31. The van der Waals surface area contributed by atoms with E-state index in [0.717, 1.165) is 25.2 Å². The molecule has 0 bridgehead atoms. The summed E-state index contributed by atoms with van der Waals surface area (Å²) in [6, 6.07) is 6.63. The SMILES string of the molecule is CCC#CCC(C)c1ccc(OCC(C)C)c(C(C)C)c1. The summed E-state index contributed by atoms with van der Waals surface area (Å²) in [4.78, 5) is 0. The lowest BCUT2D eigenvalue weighted by molar-refractivity contribution is 0.267. The van der Waals surface area contributed by atoms with Crippen LogP contribution in [0.3, 0.4) is 0 Å². The Labute approximate surface area is 131 Å². The highest BCUT2D eigenvalue weighted by Gasteiger charge is 2.12. The van der Waals surface area contributed by atoms with Gasteiger partial charge in [0, 0.05) is 12.8 Å². The van der Waals surface area contributed by atoms with Crippen LogP contribution in [0.2, 0.25) is 0 Å². The molecule has 1 aromatic rings. The van der Waals surface area contributed by atoms with Crippen LogP contribution in [-0.2, 0) is 0 Å². The van der Waals surface area contributed by atoms with Crippen LogP contribution in [0.4, 0.5) is 0 Å². The van der Waals surface area contributed by atoms with Crippen molar-refractivity contribution in [1.29, 1.82) is 0 Å². The molecule has 1 unspecified atom stereocenters.